The number of fused-ring (bicyclic) bond motifs is 9. The third-order valence-corrected chi connectivity index (χ3v) is 11.9. The first-order chi connectivity index (χ1) is 26.8. The minimum absolute atomic E-state index is 0.212. The Kier molecular flexibility index (Phi) is 7.03. The Balaban J connectivity index is 1.02. The topological polar surface area (TPSA) is 35.0 Å². The fourth-order valence-corrected chi connectivity index (χ4v) is 9.65. The highest BCUT2D eigenvalue weighted by Gasteiger charge is 2.56. The van der Waals surface area contributed by atoms with Crippen molar-refractivity contribution in [2.75, 3.05) is 0 Å². The van der Waals surface area contributed by atoms with Gasteiger partial charge in [0, 0.05) is 28.0 Å². The van der Waals surface area contributed by atoms with Gasteiger partial charge in [-0.2, -0.15) is 0 Å². The first-order valence-electron chi connectivity index (χ1n) is 19.0. The molecule has 0 amide bonds. The zero-order valence-corrected chi connectivity index (χ0v) is 29.7. The summed E-state index contributed by atoms with van der Waals surface area (Å²) in [6.07, 6.45) is 12.0. The predicted octanol–water partition coefficient (Wildman–Crippen LogP) is 12.5. The molecule has 54 heavy (non-hydrogen) atoms. The van der Waals surface area contributed by atoms with Crippen LogP contribution >= 0.6 is 0 Å². The molecule has 0 saturated heterocycles. The molecule has 0 N–H and O–H groups in total. The predicted molar refractivity (Wildman–Crippen MR) is 219 cm³/mol. The molecule has 1 aliphatic heterocycles. The molecule has 1 atom stereocenters. The molecule has 11 rings (SSSR count). The van der Waals surface area contributed by atoms with Gasteiger partial charge in [0.2, 0.25) is 0 Å². The van der Waals surface area contributed by atoms with E-state index in [0.29, 0.717) is 0 Å². The van der Waals surface area contributed by atoms with Gasteiger partial charge in [0.1, 0.15) is 11.5 Å². The van der Waals surface area contributed by atoms with Crippen LogP contribution in [-0.2, 0) is 10.2 Å². The van der Waals surface area contributed by atoms with Crippen molar-refractivity contribution in [2.45, 2.75) is 24.7 Å². The number of hydrogen-bond donors (Lipinski definition) is 0. The smallest absolute Gasteiger partial charge is 0.161 e. The summed E-state index contributed by atoms with van der Waals surface area (Å²) in [5.74, 6) is 3.02. The SMILES string of the molecule is C1=CCC2C(=C1)OC1=C(CCC=C1c1ccc(-c3ccccc3-c3nc(-c4ccccc4)c4ccccc4n3)cc1)C21c2ccccc2-c2ccccc21. The number of para-hydroxylation sites is 1. The Morgan fingerprint density at radius 3 is 2.00 bits per heavy atom. The van der Waals surface area contributed by atoms with Gasteiger partial charge in [-0.15, -0.1) is 0 Å². The Labute approximate surface area is 315 Å². The Hall–Kier alpha value is -6.58. The van der Waals surface area contributed by atoms with Crippen molar-refractivity contribution >= 4 is 16.5 Å². The largest absolute Gasteiger partial charge is 0.461 e. The van der Waals surface area contributed by atoms with Gasteiger partial charge in [0.15, 0.2) is 5.82 Å². The molecule has 256 valence electrons. The summed E-state index contributed by atoms with van der Waals surface area (Å²) in [5, 5.41) is 1.05. The van der Waals surface area contributed by atoms with Gasteiger partial charge in [-0.05, 0) is 75.9 Å². The van der Waals surface area contributed by atoms with Crippen molar-refractivity contribution in [3.8, 4) is 44.9 Å². The zero-order valence-electron chi connectivity index (χ0n) is 29.7. The Morgan fingerprint density at radius 2 is 1.22 bits per heavy atom. The first-order valence-corrected chi connectivity index (χ1v) is 19.0. The highest BCUT2D eigenvalue weighted by Crippen LogP contribution is 2.64. The molecule has 3 heteroatoms. The standard InChI is InChI=1S/C51H36N2O/c1-2-15-35(16-3-1)48-41-21-8-12-27-46(41)52-50(53-48)40-20-5-4-17-36(40)33-29-31-34(32-30-33)37-22-14-26-45-49(37)54-47-28-13-11-25-44(47)51(45)42-23-9-6-18-38(42)39-19-7-10-24-43(39)51/h1-13,15-24,27-32,44H,14,25-26H2. The van der Waals surface area contributed by atoms with E-state index in [2.05, 4.69) is 164 Å². The van der Waals surface area contributed by atoms with Gasteiger partial charge in [0.25, 0.3) is 0 Å². The molecule has 4 aliphatic rings. The lowest BCUT2D eigenvalue weighted by molar-refractivity contribution is 0.189. The van der Waals surface area contributed by atoms with Crippen molar-refractivity contribution in [1.82, 2.24) is 9.97 Å². The second-order valence-electron chi connectivity index (χ2n) is 14.7. The fraction of sp³-hybridized carbons (Fsp3) is 0.0980. The van der Waals surface area contributed by atoms with E-state index < -0.39 is 0 Å². The quantitative estimate of drug-likeness (QED) is 0.184. The molecule has 2 heterocycles. The molecule has 0 bridgehead atoms. The first kappa shape index (κ1) is 31.0. The average Bonchev–Trinajstić information content (AvgIpc) is 3.54. The summed E-state index contributed by atoms with van der Waals surface area (Å²) in [6.45, 7) is 0. The normalized spacial score (nSPS) is 17.6. The van der Waals surface area contributed by atoms with Crippen LogP contribution in [0.4, 0.5) is 0 Å². The maximum Gasteiger partial charge on any atom is 0.161 e. The minimum atomic E-state index is -0.270. The number of ether oxygens (including phenoxy) is 1. The van der Waals surface area contributed by atoms with Crippen molar-refractivity contribution in [2.24, 2.45) is 5.92 Å². The van der Waals surface area contributed by atoms with Gasteiger partial charge in [0.05, 0.1) is 16.6 Å². The van der Waals surface area contributed by atoms with E-state index in [1.807, 2.05) is 12.1 Å². The average molecular weight is 693 g/mol. The highest BCUT2D eigenvalue weighted by molar-refractivity contribution is 5.95. The molecule has 1 spiro atoms. The zero-order chi connectivity index (χ0) is 35.6. The molecule has 3 nitrogen and oxygen atoms in total. The number of hydrogen-bond acceptors (Lipinski definition) is 3. The lowest BCUT2D eigenvalue weighted by Gasteiger charge is -2.48. The molecule has 3 aliphatic carbocycles. The molecule has 1 unspecified atom stereocenters. The lowest BCUT2D eigenvalue weighted by Crippen LogP contribution is -2.43. The second kappa shape index (κ2) is 12.2. The van der Waals surface area contributed by atoms with Crippen LogP contribution < -0.4 is 0 Å². The summed E-state index contributed by atoms with van der Waals surface area (Å²) in [6, 6.07) is 54.3. The molecule has 0 radical (unpaired) electrons. The third kappa shape index (κ3) is 4.55. The van der Waals surface area contributed by atoms with Gasteiger partial charge < -0.3 is 4.74 Å². The van der Waals surface area contributed by atoms with E-state index in [0.717, 1.165) is 81.0 Å². The summed E-state index contributed by atoms with van der Waals surface area (Å²) >= 11 is 0. The molecule has 0 fully saturated rings. The number of benzene rings is 6. The van der Waals surface area contributed by atoms with Crippen LogP contribution in [0.2, 0.25) is 0 Å². The van der Waals surface area contributed by atoms with Crippen LogP contribution in [0.25, 0.3) is 61.4 Å². The van der Waals surface area contributed by atoms with Gasteiger partial charge >= 0.3 is 0 Å². The molecular weight excluding hydrogens is 657 g/mol. The van der Waals surface area contributed by atoms with E-state index in [1.54, 1.807) is 0 Å². The molecule has 1 aromatic heterocycles. The van der Waals surface area contributed by atoms with Crippen LogP contribution in [0.15, 0.2) is 193 Å². The molecular formula is C51H36N2O. The van der Waals surface area contributed by atoms with Crippen LogP contribution in [0, 0.1) is 5.92 Å². The van der Waals surface area contributed by atoms with E-state index in [4.69, 9.17) is 14.7 Å². The van der Waals surface area contributed by atoms with Crippen molar-refractivity contribution < 1.29 is 4.74 Å². The van der Waals surface area contributed by atoms with Gasteiger partial charge in [-0.3, -0.25) is 0 Å². The van der Waals surface area contributed by atoms with Crippen LogP contribution in [0.3, 0.4) is 0 Å². The van der Waals surface area contributed by atoms with E-state index in [9.17, 15) is 0 Å². The maximum absolute atomic E-state index is 7.06. The van der Waals surface area contributed by atoms with Gasteiger partial charge in [-0.1, -0.05) is 164 Å². The summed E-state index contributed by atoms with van der Waals surface area (Å²) in [7, 11) is 0. The lowest BCUT2D eigenvalue weighted by atomic mass is 9.58. The molecule has 0 saturated carbocycles. The third-order valence-electron chi connectivity index (χ3n) is 11.9. The highest BCUT2D eigenvalue weighted by atomic mass is 16.5. The number of rotatable bonds is 4. The Morgan fingerprint density at radius 1 is 0.574 bits per heavy atom. The maximum atomic E-state index is 7.06. The summed E-state index contributed by atoms with van der Waals surface area (Å²) < 4.78 is 7.06. The van der Waals surface area contributed by atoms with Crippen LogP contribution in [-0.4, -0.2) is 9.97 Å². The minimum Gasteiger partial charge on any atom is -0.461 e. The fourth-order valence-electron chi connectivity index (χ4n) is 9.65. The summed E-state index contributed by atoms with van der Waals surface area (Å²) in [4.78, 5) is 10.3. The summed E-state index contributed by atoms with van der Waals surface area (Å²) in [5.41, 5.74) is 15.2. The monoisotopic (exact) mass is 692 g/mol. The van der Waals surface area contributed by atoms with Crippen molar-refractivity contribution in [3.05, 3.63) is 210 Å². The second-order valence-corrected chi connectivity index (χ2v) is 14.7. The van der Waals surface area contributed by atoms with Crippen molar-refractivity contribution in [3.63, 3.8) is 0 Å². The number of allylic oxidation sites excluding steroid dienone is 7. The van der Waals surface area contributed by atoms with E-state index >= 15 is 0 Å². The molecule has 6 aromatic carbocycles. The van der Waals surface area contributed by atoms with E-state index in [1.165, 1.54) is 33.4 Å². The van der Waals surface area contributed by atoms with E-state index in [-0.39, 0.29) is 11.3 Å². The van der Waals surface area contributed by atoms with Crippen LogP contribution in [0.1, 0.15) is 36.0 Å². The van der Waals surface area contributed by atoms with Gasteiger partial charge in [-0.25, -0.2) is 9.97 Å². The molecule has 7 aromatic rings. The number of aromatic nitrogens is 2. The van der Waals surface area contributed by atoms with Crippen LogP contribution in [0.5, 0.6) is 0 Å². The number of nitrogens with zero attached hydrogens (tertiary/aromatic N) is 2. The van der Waals surface area contributed by atoms with Crippen molar-refractivity contribution in [1.29, 1.82) is 0 Å². The Bertz CT molecular complexity index is 2720.